The first-order valence-corrected chi connectivity index (χ1v) is 8.44. The first kappa shape index (κ1) is 15.2. The number of amidine groups is 1. The maximum Gasteiger partial charge on any atom is 0.319 e. The Bertz CT molecular complexity index is 715. The van der Waals surface area contributed by atoms with Crippen LogP contribution in [0.1, 0.15) is 18.4 Å². The van der Waals surface area contributed by atoms with E-state index in [-0.39, 0.29) is 17.9 Å². The van der Waals surface area contributed by atoms with Gasteiger partial charge in [-0.25, -0.2) is 4.79 Å². The molecule has 0 bridgehead atoms. The Hall–Kier alpha value is -2.37. The number of nitrogens with zero attached hydrogens (tertiary/aromatic N) is 3. The molecule has 6 heteroatoms. The fraction of sp³-hybridized carbons (Fsp3) is 0.500. The molecule has 6 nitrogen and oxygen atoms in total. The highest BCUT2D eigenvalue weighted by atomic mass is 16.2. The first-order valence-electron chi connectivity index (χ1n) is 8.44. The van der Waals surface area contributed by atoms with Crippen LogP contribution in [0.25, 0.3) is 0 Å². The first-order chi connectivity index (χ1) is 11.5. The highest BCUT2D eigenvalue weighted by Gasteiger charge is 2.59. The lowest BCUT2D eigenvalue weighted by Crippen LogP contribution is -2.46. The molecule has 1 aliphatic carbocycles. The zero-order valence-electron chi connectivity index (χ0n) is 14.0. The van der Waals surface area contributed by atoms with E-state index in [9.17, 15) is 9.59 Å². The van der Waals surface area contributed by atoms with Crippen LogP contribution in [0.4, 0.5) is 4.79 Å². The lowest BCUT2D eigenvalue weighted by atomic mass is 9.85. The molecule has 0 radical (unpaired) electrons. The zero-order valence-corrected chi connectivity index (χ0v) is 14.0. The van der Waals surface area contributed by atoms with E-state index in [0.717, 1.165) is 24.9 Å². The van der Waals surface area contributed by atoms with Gasteiger partial charge in [0.05, 0.1) is 0 Å². The van der Waals surface area contributed by atoms with Gasteiger partial charge in [-0.05, 0) is 18.8 Å². The second-order valence-corrected chi connectivity index (χ2v) is 7.19. The Morgan fingerprint density at radius 2 is 2.04 bits per heavy atom. The van der Waals surface area contributed by atoms with Crippen LogP contribution in [-0.2, 0) is 4.79 Å². The van der Waals surface area contributed by atoms with Crippen molar-refractivity contribution in [3.63, 3.8) is 0 Å². The fourth-order valence-corrected chi connectivity index (χ4v) is 4.38. The standard InChI is InChI=1S/C18H22N4O2/c1-21(2)17(24)22-10-13-8-9-18(14(13)11-22)16(23)19-15(20-18)12-6-4-3-5-7-12/h3-7,13-14H,8-11H2,1-2H3,(H,19,20,23)/t13-,14+,18-/m1/s1. The number of fused-ring (bicyclic) bond motifs is 2. The third-order valence-electron chi connectivity index (χ3n) is 5.59. The van der Waals surface area contributed by atoms with Gasteiger partial charge in [0.1, 0.15) is 11.4 Å². The average molecular weight is 326 g/mol. The molecule has 1 saturated heterocycles. The second kappa shape index (κ2) is 5.33. The minimum absolute atomic E-state index is 0.00648. The Morgan fingerprint density at radius 3 is 2.75 bits per heavy atom. The Morgan fingerprint density at radius 1 is 1.29 bits per heavy atom. The SMILES string of the molecule is CN(C)C(=O)N1C[C@H]2CC[C@@]3(N=C(c4ccccc4)NC3=O)[C@H]2C1. The molecule has 3 amide bonds. The molecule has 4 rings (SSSR count). The normalized spacial score (nSPS) is 31.2. The van der Waals surface area contributed by atoms with E-state index in [0.29, 0.717) is 18.3 Å². The van der Waals surface area contributed by atoms with Gasteiger partial charge in [0.2, 0.25) is 0 Å². The summed E-state index contributed by atoms with van der Waals surface area (Å²) in [5, 5.41) is 2.98. The summed E-state index contributed by atoms with van der Waals surface area (Å²) in [4.78, 5) is 33.4. The molecule has 3 atom stereocenters. The van der Waals surface area contributed by atoms with Crippen LogP contribution in [0.5, 0.6) is 0 Å². The summed E-state index contributed by atoms with van der Waals surface area (Å²) in [6, 6.07) is 9.77. The average Bonchev–Trinajstić information content (AvgIpc) is 3.24. The summed E-state index contributed by atoms with van der Waals surface area (Å²) < 4.78 is 0. The number of amides is 3. The van der Waals surface area contributed by atoms with Crippen molar-refractivity contribution in [1.29, 1.82) is 0 Å². The summed E-state index contributed by atoms with van der Waals surface area (Å²) in [6.45, 7) is 1.34. The molecule has 1 saturated carbocycles. The van der Waals surface area contributed by atoms with Gasteiger partial charge in [-0.2, -0.15) is 0 Å². The van der Waals surface area contributed by atoms with Gasteiger partial charge in [0, 0.05) is 38.7 Å². The van der Waals surface area contributed by atoms with E-state index in [1.165, 1.54) is 0 Å². The highest BCUT2D eigenvalue weighted by Crippen LogP contribution is 2.49. The number of benzene rings is 1. The minimum atomic E-state index is -0.697. The number of carbonyl (C=O) groups is 2. The lowest BCUT2D eigenvalue weighted by Gasteiger charge is -2.26. The maximum atomic E-state index is 12.8. The number of urea groups is 1. The molecule has 2 fully saturated rings. The smallest absolute Gasteiger partial charge is 0.319 e. The molecule has 1 N–H and O–H groups in total. The molecular formula is C18H22N4O2. The van der Waals surface area contributed by atoms with E-state index in [1.54, 1.807) is 19.0 Å². The maximum absolute atomic E-state index is 12.8. The highest BCUT2D eigenvalue weighted by molar-refractivity contribution is 6.15. The number of carbonyl (C=O) groups excluding carboxylic acids is 2. The lowest BCUT2D eigenvalue weighted by molar-refractivity contribution is -0.124. The van der Waals surface area contributed by atoms with E-state index in [1.807, 2.05) is 35.2 Å². The molecule has 0 aromatic heterocycles. The van der Waals surface area contributed by atoms with Crippen molar-refractivity contribution in [3.8, 4) is 0 Å². The quantitative estimate of drug-likeness (QED) is 0.846. The number of hydrogen-bond acceptors (Lipinski definition) is 3. The number of rotatable bonds is 1. The van der Waals surface area contributed by atoms with Crippen molar-refractivity contribution in [2.75, 3.05) is 27.2 Å². The topological polar surface area (TPSA) is 65.0 Å². The van der Waals surface area contributed by atoms with Crippen LogP contribution < -0.4 is 5.32 Å². The van der Waals surface area contributed by atoms with Crippen LogP contribution in [-0.4, -0.2) is 60.3 Å². The molecule has 1 spiro atoms. The zero-order chi connectivity index (χ0) is 16.9. The molecule has 24 heavy (non-hydrogen) atoms. The molecular weight excluding hydrogens is 304 g/mol. The Kier molecular flexibility index (Phi) is 3.37. The fourth-order valence-electron chi connectivity index (χ4n) is 4.38. The number of nitrogens with one attached hydrogen (secondary N) is 1. The second-order valence-electron chi connectivity index (χ2n) is 7.19. The summed E-state index contributed by atoms with van der Waals surface area (Å²) in [5.41, 5.74) is 0.238. The number of aliphatic imine (C=N–C) groups is 1. The van der Waals surface area contributed by atoms with Gasteiger partial charge in [-0.1, -0.05) is 30.3 Å². The van der Waals surface area contributed by atoms with Crippen molar-refractivity contribution in [2.45, 2.75) is 18.4 Å². The molecule has 3 aliphatic rings. The van der Waals surface area contributed by atoms with Gasteiger partial charge in [-0.15, -0.1) is 0 Å². The molecule has 2 aliphatic heterocycles. The van der Waals surface area contributed by atoms with Crippen molar-refractivity contribution < 1.29 is 9.59 Å². The summed E-state index contributed by atoms with van der Waals surface area (Å²) in [6.07, 6.45) is 1.72. The molecule has 2 heterocycles. The van der Waals surface area contributed by atoms with Crippen LogP contribution in [0.15, 0.2) is 35.3 Å². The number of likely N-dealkylation sites (tertiary alicyclic amines) is 1. The Labute approximate surface area is 141 Å². The van der Waals surface area contributed by atoms with Gasteiger partial charge < -0.3 is 15.1 Å². The van der Waals surface area contributed by atoms with Gasteiger partial charge in [-0.3, -0.25) is 9.79 Å². The van der Waals surface area contributed by atoms with Crippen LogP contribution in [0.3, 0.4) is 0 Å². The summed E-state index contributed by atoms with van der Waals surface area (Å²) >= 11 is 0. The predicted octanol–water partition coefficient (Wildman–Crippen LogP) is 1.33. The Balaban J connectivity index is 1.63. The number of hydrogen-bond donors (Lipinski definition) is 1. The van der Waals surface area contributed by atoms with E-state index in [2.05, 4.69) is 5.32 Å². The summed E-state index contributed by atoms with van der Waals surface area (Å²) in [7, 11) is 3.53. The third kappa shape index (κ3) is 2.12. The van der Waals surface area contributed by atoms with Crippen molar-refractivity contribution in [1.82, 2.24) is 15.1 Å². The predicted molar refractivity (Wildman–Crippen MR) is 90.7 cm³/mol. The van der Waals surface area contributed by atoms with Crippen molar-refractivity contribution in [3.05, 3.63) is 35.9 Å². The van der Waals surface area contributed by atoms with Crippen molar-refractivity contribution >= 4 is 17.8 Å². The van der Waals surface area contributed by atoms with Gasteiger partial charge in [0.15, 0.2) is 0 Å². The molecule has 1 aromatic carbocycles. The molecule has 0 unspecified atom stereocenters. The summed E-state index contributed by atoms with van der Waals surface area (Å²) in [5.74, 6) is 1.13. The minimum Gasteiger partial charge on any atom is -0.331 e. The van der Waals surface area contributed by atoms with Gasteiger partial charge >= 0.3 is 6.03 Å². The molecule has 126 valence electrons. The van der Waals surface area contributed by atoms with E-state index in [4.69, 9.17) is 4.99 Å². The van der Waals surface area contributed by atoms with Crippen LogP contribution >= 0.6 is 0 Å². The van der Waals surface area contributed by atoms with E-state index >= 15 is 0 Å². The third-order valence-corrected chi connectivity index (χ3v) is 5.59. The molecule has 1 aromatic rings. The van der Waals surface area contributed by atoms with Crippen molar-refractivity contribution in [2.24, 2.45) is 16.8 Å². The van der Waals surface area contributed by atoms with E-state index < -0.39 is 5.54 Å². The van der Waals surface area contributed by atoms with Gasteiger partial charge in [0.25, 0.3) is 5.91 Å². The van der Waals surface area contributed by atoms with Crippen LogP contribution in [0.2, 0.25) is 0 Å². The monoisotopic (exact) mass is 326 g/mol. The largest absolute Gasteiger partial charge is 0.331 e. The van der Waals surface area contributed by atoms with Crippen LogP contribution in [0, 0.1) is 11.8 Å².